The maximum Gasteiger partial charge on any atom is 0.330 e. The molecule has 2 heterocycles. The molecule has 4 atom stereocenters. The standard InChI is InChI=1S/C9H11IN2O5/c10-6-7(15)4(3-13)17-8(6)12-2-1-5(14)11-9(12)16/h1-2,4,6-8,13,15H,3H2,(H,11,14,16)/t4-,6?,7?,8-/m0/s1. The number of aromatic amines is 1. The van der Waals surface area contributed by atoms with Gasteiger partial charge in [-0.25, -0.2) is 4.79 Å². The van der Waals surface area contributed by atoms with Gasteiger partial charge in [0.25, 0.3) is 5.56 Å². The second-order valence-corrected chi connectivity index (χ2v) is 5.14. The highest BCUT2D eigenvalue weighted by molar-refractivity contribution is 14.1. The molecule has 1 aliphatic heterocycles. The highest BCUT2D eigenvalue weighted by Gasteiger charge is 2.43. The summed E-state index contributed by atoms with van der Waals surface area (Å²) in [5.41, 5.74) is -1.09. The monoisotopic (exact) mass is 354 g/mol. The van der Waals surface area contributed by atoms with Crippen LogP contribution in [-0.2, 0) is 4.74 Å². The first-order valence-electron chi connectivity index (χ1n) is 4.94. The molecule has 1 fully saturated rings. The van der Waals surface area contributed by atoms with Crippen molar-refractivity contribution in [2.75, 3.05) is 6.61 Å². The van der Waals surface area contributed by atoms with E-state index in [-0.39, 0.29) is 10.5 Å². The van der Waals surface area contributed by atoms with Gasteiger partial charge in [-0.15, -0.1) is 0 Å². The minimum absolute atomic E-state index is 0.324. The van der Waals surface area contributed by atoms with Crippen LogP contribution in [0.1, 0.15) is 6.23 Å². The van der Waals surface area contributed by atoms with Crippen LogP contribution >= 0.6 is 22.6 Å². The van der Waals surface area contributed by atoms with Gasteiger partial charge in [0.15, 0.2) is 6.23 Å². The zero-order chi connectivity index (χ0) is 12.6. The number of hydrogen-bond donors (Lipinski definition) is 3. The Balaban J connectivity index is 2.35. The molecule has 8 heteroatoms. The van der Waals surface area contributed by atoms with Crippen LogP contribution in [0.2, 0.25) is 0 Å². The molecule has 0 radical (unpaired) electrons. The number of rotatable bonds is 2. The fourth-order valence-corrected chi connectivity index (χ4v) is 2.69. The minimum Gasteiger partial charge on any atom is -0.394 e. The van der Waals surface area contributed by atoms with Gasteiger partial charge in [-0.1, -0.05) is 22.6 Å². The predicted octanol–water partition coefficient (Wildman–Crippen LogP) is -1.41. The topological polar surface area (TPSA) is 105 Å². The first-order chi connectivity index (χ1) is 8.04. The van der Waals surface area contributed by atoms with E-state index in [1.165, 1.54) is 16.8 Å². The van der Waals surface area contributed by atoms with Crippen LogP contribution in [0.4, 0.5) is 0 Å². The van der Waals surface area contributed by atoms with Crippen LogP contribution in [0.15, 0.2) is 21.9 Å². The molecule has 2 unspecified atom stereocenters. The van der Waals surface area contributed by atoms with Crippen molar-refractivity contribution in [1.29, 1.82) is 0 Å². The largest absolute Gasteiger partial charge is 0.394 e. The number of nitrogens with one attached hydrogen (secondary N) is 1. The molecule has 0 bridgehead atoms. The molecule has 0 aliphatic carbocycles. The van der Waals surface area contributed by atoms with E-state index in [1.54, 1.807) is 0 Å². The first kappa shape index (κ1) is 12.7. The lowest BCUT2D eigenvalue weighted by atomic mass is 10.2. The van der Waals surface area contributed by atoms with Gasteiger partial charge < -0.3 is 14.9 Å². The molecule has 0 saturated carbocycles. The average Bonchev–Trinajstić information content (AvgIpc) is 2.57. The van der Waals surface area contributed by atoms with Crippen molar-refractivity contribution in [3.63, 3.8) is 0 Å². The van der Waals surface area contributed by atoms with Crippen LogP contribution in [0.5, 0.6) is 0 Å². The molecule has 0 spiro atoms. The minimum atomic E-state index is -0.857. The number of alkyl halides is 1. The Morgan fingerprint density at radius 3 is 2.76 bits per heavy atom. The summed E-state index contributed by atoms with van der Waals surface area (Å²) in [5, 5.41) is 18.8. The lowest BCUT2D eigenvalue weighted by Gasteiger charge is -2.16. The molecule has 2 rings (SSSR count). The van der Waals surface area contributed by atoms with Crippen LogP contribution in [0.25, 0.3) is 0 Å². The van der Waals surface area contributed by atoms with Crippen LogP contribution in [0, 0.1) is 0 Å². The van der Waals surface area contributed by atoms with Crippen molar-refractivity contribution in [3.8, 4) is 0 Å². The van der Waals surface area contributed by atoms with Crippen molar-refractivity contribution in [2.45, 2.75) is 22.4 Å². The molecular weight excluding hydrogens is 343 g/mol. The third-order valence-corrected chi connectivity index (χ3v) is 3.95. The highest BCUT2D eigenvalue weighted by atomic mass is 127. The van der Waals surface area contributed by atoms with Crippen LogP contribution in [-0.4, -0.2) is 42.5 Å². The quantitative estimate of drug-likeness (QED) is 0.447. The summed E-state index contributed by atoms with van der Waals surface area (Å²) < 4.78 is 6.19. The molecule has 17 heavy (non-hydrogen) atoms. The van der Waals surface area contributed by atoms with E-state index in [0.29, 0.717) is 0 Å². The second-order valence-electron chi connectivity index (χ2n) is 3.70. The zero-order valence-corrected chi connectivity index (χ0v) is 10.8. The van der Waals surface area contributed by atoms with Gasteiger partial charge in [-0.2, -0.15) is 0 Å². The van der Waals surface area contributed by atoms with Gasteiger partial charge in [-0.05, 0) is 0 Å². The lowest BCUT2D eigenvalue weighted by molar-refractivity contribution is -0.0456. The summed E-state index contributed by atoms with van der Waals surface area (Å²) >= 11 is 1.95. The molecular formula is C9H11IN2O5. The SMILES string of the molecule is O=c1ccn([C@H]2O[C@@H](CO)C(O)C2I)c(=O)[nH]1. The maximum atomic E-state index is 11.6. The average molecular weight is 354 g/mol. The second kappa shape index (κ2) is 4.88. The number of hydrogen-bond acceptors (Lipinski definition) is 5. The fraction of sp³-hybridized carbons (Fsp3) is 0.556. The molecule has 0 amide bonds. The zero-order valence-electron chi connectivity index (χ0n) is 8.62. The Bertz CT molecular complexity index is 513. The van der Waals surface area contributed by atoms with Gasteiger partial charge in [-0.3, -0.25) is 14.3 Å². The number of nitrogens with zero attached hydrogens (tertiary/aromatic N) is 1. The van der Waals surface area contributed by atoms with Crippen molar-refractivity contribution < 1.29 is 14.9 Å². The molecule has 3 N–H and O–H groups in total. The van der Waals surface area contributed by atoms with E-state index in [2.05, 4.69) is 4.98 Å². The normalized spacial score (nSPS) is 32.9. The van der Waals surface area contributed by atoms with Crippen molar-refractivity contribution >= 4 is 22.6 Å². The molecule has 94 valence electrons. The summed E-state index contributed by atoms with van der Waals surface area (Å²) in [6, 6.07) is 1.20. The molecule has 1 saturated heterocycles. The Morgan fingerprint density at radius 1 is 1.53 bits per heavy atom. The summed E-state index contributed by atoms with van der Waals surface area (Å²) in [4.78, 5) is 24.6. The highest BCUT2D eigenvalue weighted by Crippen LogP contribution is 2.33. The van der Waals surface area contributed by atoms with E-state index in [1.807, 2.05) is 22.6 Å². The first-order valence-corrected chi connectivity index (χ1v) is 6.19. The fourth-order valence-electron chi connectivity index (χ4n) is 1.71. The molecule has 0 aromatic carbocycles. The summed E-state index contributed by atoms with van der Waals surface area (Å²) in [6.45, 7) is -0.324. The number of aliphatic hydroxyl groups excluding tert-OH is 2. The van der Waals surface area contributed by atoms with Crippen LogP contribution in [0.3, 0.4) is 0 Å². The number of halogens is 1. The Kier molecular flexibility index (Phi) is 3.66. The summed E-state index contributed by atoms with van der Waals surface area (Å²) in [7, 11) is 0. The van der Waals surface area contributed by atoms with E-state index in [0.717, 1.165) is 0 Å². The molecule has 1 aliphatic rings. The maximum absolute atomic E-state index is 11.6. The molecule has 1 aromatic rings. The van der Waals surface area contributed by atoms with E-state index in [4.69, 9.17) is 9.84 Å². The summed E-state index contributed by atoms with van der Waals surface area (Å²) in [5.74, 6) is 0. The Hall–Kier alpha value is -0.710. The van der Waals surface area contributed by atoms with Gasteiger partial charge >= 0.3 is 5.69 Å². The molecule has 7 nitrogen and oxygen atoms in total. The van der Waals surface area contributed by atoms with Gasteiger partial charge in [0, 0.05) is 12.3 Å². The van der Waals surface area contributed by atoms with Gasteiger partial charge in [0.1, 0.15) is 6.10 Å². The van der Waals surface area contributed by atoms with Gasteiger partial charge in [0.05, 0.1) is 16.6 Å². The van der Waals surface area contributed by atoms with E-state index >= 15 is 0 Å². The third kappa shape index (κ3) is 2.30. The number of H-pyrrole nitrogens is 1. The smallest absolute Gasteiger partial charge is 0.330 e. The third-order valence-electron chi connectivity index (χ3n) is 2.60. The number of aromatic nitrogens is 2. The van der Waals surface area contributed by atoms with Crippen molar-refractivity contribution in [1.82, 2.24) is 9.55 Å². The van der Waals surface area contributed by atoms with Crippen molar-refractivity contribution in [3.05, 3.63) is 33.1 Å². The van der Waals surface area contributed by atoms with E-state index in [9.17, 15) is 14.7 Å². The van der Waals surface area contributed by atoms with Gasteiger partial charge in [0.2, 0.25) is 0 Å². The Morgan fingerprint density at radius 2 is 2.24 bits per heavy atom. The lowest BCUT2D eigenvalue weighted by Crippen LogP contribution is -2.35. The summed E-state index contributed by atoms with van der Waals surface area (Å²) in [6.07, 6.45) is -0.971. The Labute approximate surface area is 109 Å². The molecule has 1 aromatic heterocycles. The van der Waals surface area contributed by atoms with E-state index < -0.39 is 29.7 Å². The van der Waals surface area contributed by atoms with Crippen molar-refractivity contribution in [2.24, 2.45) is 0 Å². The number of aliphatic hydroxyl groups is 2. The number of ether oxygens (including phenoxy) is 1. The predicted molar refractivity (Wildman–Crippen MR) is 66.1 cm³/mol. The van der Waals surface area contributed by atoms with Crippen LogP contribution < -0.4 is 11.2 Å².